The zero-order chi connectivity index (χ0) is 11.4. The van der Waals surface area contributed by atoms with Crippen LogP contribution in [-0.4, -0.2) is 25.3 Å². The van der Waals surface area contributed by atoms with Crippen molar-refractivity contribution in [2.45, 2.75) is 19.3 Å². The van der Waals surface area contributed by atoms with Gasteiger partial charge < -0.3 is 10.4 Å². The molecule has 0 heterocycles. The Morgan fingerprint density at radius 3 is 2.56 bits per heavy atom. The third kappa shape index (κ3) is 2.45. The van der Waals surface area contributed by atoms with Gasteiger partial charge in [0.05, 0.1) is 0 Å². The largest absolute Gasteiger partial charge is 0.396 e. The van der Waals surface area contributed by atoms with Crippen molar-refractivity contribution < 1.29 is 5.11 Å². The molecule has 2 N–H and O–H groups in total. The summed E-state index contributed by atoms with van der Waals surface area (Å²) in [5.41, 5.74) is 1.58. The lowest BCUT2D eigenvalue weighted by atomic mass is 9.61. The van der Waals surface area contributed by atoms with Crippen molar-refractivity contribution in [1.29, 1.82) is 0 Å². The van der Waals surface area contributed by atoms with Crippen molar-refractivity contribution in [2.75, 3.05) is 20.2 Å². The van der Waals surface area contributed by atoms with Gasteiger partial charge in [0.1, 0.15) is 0 Å². The molecule has 2 rings (SSSR count). The lowest BCUT2D eigenvalue weighted by Crippen LogP contribution is -2.47. The van der Waals surface area contributed by atoms with Crippen molar-refractivity contribution in [1.82, 2.24) is 5.32 Å². The lowest BCUT2D eigenvalue weighted by molar-refractivity contribution is -0.00274. The molecule has 0 radical (unpaired) electrons. The average Bonchev–Trinajstić information content (AvgIpc) is 2.27. The smallest absolute Gasteiger partial charge is 0.0499 e. The van der Waals surface area contributed by atoms with Crippen LogP contribution in [0.25, 0.3) is 0 Å². The highest BCUT2D eigenvalue weighted by Crippen LogP contribution is 2.46. The van der Waals surface area contributed by atoms with Gasteiger partial charge in [-0.3, -0.25) is 0 Å². The van der Waals surface area contributed by atoms with E-state index in [1.165, 1.54) is 5.56 Å². The van der Waals surface area contributed by atoms with Crippen LogP contribution < -0.4 is 5.32 Å². The number of hydrogen-bond acceptors (Lipinski definition) is 2. The monoisotopic (exact) mass is 219 g/mol. The Kier molecular flexibility index (Phi) is 3.62. The molecule has 16 heavy (non-hydrogen) atoms. The molecular formula is C14H21NO. The summed E-state index contributed by atoms with van der Waals surface area (Å²) >= 11 is 0. The molecule has 0 aliphatic heterocycles. The van der Waals surface area contributed by atoms with Crippen LogP contribution in [0.15, 0.2) is 30.3 Å². The van der Waals surface area contributed by atoms with Crippen LogP contribution in [0.4, 0.5) is 0 Å². The van der Waals surface area contributed by atoms with Gasteiger partial charge in [0.2, 0.25) is 0 Å². The quantitative estimate of drug-likeness (QED) is 0.792. The van der Waals surface area contributed by atoms with Gasteiger partial charge in [-0.15, -0.1) is 0 Å². The normalized spacial score (nSPS) is 28.8. The van der Waals surface area contributed by atoms with Crippen LogP contribution in [0.1, 0.15) is 18.4 Å². The predicted molar refractivity (Wildman–Crippen MR) is 66.3 cm³/mol. The van der Waals surface area contributed by atoms with Crippen molar-refractivity contribution in [3.05, 3.63) is 35.9 Å². The van der Waals surface area contributed by atoms with Crippen LogP contribution in [0, 0.1) is 11.3 Å². The maximum Gasteiger partial charge on any atom is 0.0499 e. The number of benzene rings is 1. The van der Waals surface area contributed by atoms with Gasteiger partial charge >= 0.3 is 0 Å². The number of aliphatic hydroxyl groups excluding tert-OH is 1. The van der Waals surface area contributed by atoms with Crippen molar-refractivity contribution >= 4 is 0 Å². The Hall–Kier alpha value is -0.860. The average molecular weight is 219 g/mol. The van der Waals surface area contributed by atoms with Gasteiger partial charge in [-0.05, 0) is 37.8 Å². The van der Waals surface area contributed by atoms with E-state index in [0.29, 0.717) is 6.61 Å². The molecular weight excluding hydrogens is 198 g/mol. The fourth-order valence-electron chi connectivity index (χ4n) is 2.96. The zero-order valence-corrected chi connectivity index (χ0v) is 9.95. The summed E-state index contributed by atoms with van der Waals surface area (Å²) in [4.78, 5) is 0. The highest BCUT2D eigenvalue weighted by molar-refractivity contribution is 5.16. The summed E-state index contributed by atoms with van der Waals surface area (Å²) in [6.07, 6.45) is 3.46. The summed E-state index contributed by atoms with van der Waals surface area (Å²) < 4.78 is 0. The molecule has 1 aliphatic rings. The van der Waals surface area contributed by atoms with E-state index in [4.69, 9.17) is 0 Å². The van der Waals surface area contributed by atoms with E-state index >= 15 is 0 Å². The molecule has 0 spiro atoms. The van der Waals surface area contributed by atoms with Crippen LogP contribution in [0.2, 0.25) is 0 Å². The zero-order valence-electron chi connectivity index (χ0n) is 9.95. The minimum atomic E-state index is 0.161. The third-order valence-electron chi connectivity index (χ3n) is 3.70. The van der Waals surface area contributed by atoms with Gasteiger partial charge in [-0.25, -0.2) is 0 Å². The second kappa shape index (κ2) is 4.98. The van der Waals surface area contributed by atoms with E-state index < -0.39 is 0 Å². The molecule has 88 valence electrons. The number of rotatable bonds is 5. The molecule has 1 aromatic carbocycles. The molecule has 0 saturated heterocycles. The van der Waals surface area contributed by atoms with Crippen LogP contribution >= 0.6 is 0 Å². The van der Waals surface area contributed by atoms with Gasteiger partial charge in [0, 0.05) is 18.6 Å². The molecule has 0 atom stereocenters. The van der Waals surface area contributed by atoms with E-state index in [-0.39, 0.29) is 5.41 Å². The molecule has 0 bridgehead atoms. The third-order valence-corrected chi connectivity index (χ3v) is 3.70. The summed E-state index contributed by atoms with van der Waals surface area (Å²) in [5.74, 6) is 0.753. The molecule has 2 nitrogen and oxygen atoms in total. The molecule has 0 unspecified atom stereocenters. The fourth-order valence-corrected chi connectivity index (χ4v) is 2.96. The van der Waals surface area contributed by atoms with E-state index in [0.717, 1.165) is 31.7 Å². The van der Waals surface area contributed by atoms with Gasteiger partial charge in [0.15, 0.2) is 0 Å². The van der Waals surface area contributed by atoms with Crippen molar-refractivity contribution in [3.63, 3.8) is 0 Å². The van der Waals surface area contributed by atoms with E-state index in [2.05, 4.69) is 35.6 Å². The first kappa shape index (κ1) is 11.6. The number of aliphatic hydroxyl groups is 1. The number of nitrogens with one attached hydrogen (secondary N) is 1. The summed E-state index contributed by atoms with van der Waals surface area (Å²) in [6, 6.07) is 10.6. The maximum absolute atomic E-state index is 9.41. The lowest BCUT2D eigenvalue weighted by Gasteiger charge is -2.47. The molecule has 1 saturated carbocycles. The standard InChI is InChI=1S/C14H21NO/c1-15-10-14(11-16)8-13(9-14)7-12-5-3-2-4-6-12/h2-6,13,15-16H,7-11H2,1H3. The highest BCUT2D eigenvalue weighted by atomic mass is 16.3. The SMILES string of the molecule is CNCC1(CO)CC(Cc2ccccc2)C1. The molecule has 1 aliphatic carbocycles. The minimum absolute atomic E-state index is 0.161. The fraction of sp³-hybridized carbons (Fsp3) is 0.571. The van der Waals surface area contributed by atoms with Crippen LogP contribution in [0.5, 0.6) is 0 Å². The first-order chi connectivity index (χ1) is 7.78. The summed E-state index contributed by atoms with van der Waals surface area (Å²) in [6.45, 7) is 1.26. The summed E-state index contributed by atoms with van der Waals surface area (Å²) in [5, 5.41) is 12.6. The molecule has 0 aromatic heterocycles. The molecule has 1 fully saturated rings. The van der Waals surface area contributed by atoms with Gasteiger partial charge in [-0.2, -0.15) is 0 Å². The van der Waals surface area contributed by atoms with Crippen molar-refractivity contribution in [2.24, 2.45) is 11.3 Å². The summed E-state index contributed by atoms with van der Waals surface area (Å²) in [7, 11) is 1.96. The van der Waals surface area contributed by atoms with Gasteiger partial charge in [0.25, 0.3) is 0 Å². The van der Waals surface area contributed by atoms with Gasteiger partial charge in [-0.1, -0.05) is 30.3 Å². The highest BCUT2D eigenvalue weighted by Gasteiger charge is 2.42. The predicted octanol–water partition coefficient (Wildman–Crippen LogP) is 1.84. The Bertz CT molecular complexity index is 317. The minimum Gasteiger partial charge on any atom is -0.396 e. The topological polar surface area (TPSA) is 32.3 Å². The van der Waals surface area contributed by atoms with E-state index in [1.807, 2.05) is 7.05 Å². The molecule has 0 amide bonds. The van der Waals surface area contributed by atoms with E-state index in [9.17, 15) is 5.11 Å². The molecule has 2 heteroatoms. The first-order valence-electron chi connectivity index (χ1n) is 6.07. The Morgan fingerprint density at radius 1 is 1.31 bits per heavy atom. The van der Waals surface area contributed by atoms with E-state index in [1.54, 1.807) is 0 Å². The first-order valence-corrected chi connectivity index (χ1v) is 6.07. The van der Waals surface area contributed by atoms with Crippen LogP contribution in [0.3, 0.4) is 0 Å². The van der Waals surface area contributed by atoms with Crippen molar-refractivity contribution in [3.8, 4) is 0 Å². The Balaban J connectivity index is 1.84. The van der Waals surface area contributed by atoms with Crippen LogP contribution in [-0.2, 0) is 6.42 Å². The number of hydrogen-bond donors (Lipinski definition) is 2. The second-order valence-electron chi connectivity index (χ2n) is 5.15. The maximum atomic E-state index is 9.41. The Morgan fingerprint density at radius 2 is 2.00 bits per heavy atom. The Labute approximate surface area is 97.7 Å². The second-order valence-corrected chi connectivity index (χ2v) is 5.15. The molecule has 1 aromatic rings.